The maximum absolute atomic E-state index is 12.5. The van der Waals surface area contributed by atoms with Crippen LogP contribution in [0, 0.1) is 0 Å². The summed E-state index contributed by atoms with van der Waals surface area (Å²) in [5.74, 6) is -1.00. The molecule has 138 valence electrons. The van der Waals surface area contributed by atoms with Crippen molar-refractivity contribution in [3.8, 4) is 11.5 Å². The molecule has 1 N–H and O–H groups in total. The third kappa shape index (κ3) is 3.75. The summed E-state index contributed by atoms with van der Waals surface area (Å²) in [6.45, 7) is 5.07. The van der Waals surface area contributed by atoms with Gasteiger partial charge in [-0.2, -0.15) is 0 Å². The summed E-state index contributed by atoms with van der Waals surface area (Å²) in [6.07, 6.45) is 3.55. The number of benzene rings is 1. The molecule has 26 heavy (non-hydrogen) atoms. The number of carbonyl (C=O) groups excluding carboxylic acids is 3. The van der Waals surface area contributed by atoms with Crippen LogP contribution in [0.15, 0.2) is 29.7 Å². The van der Waals surface area contributed by atoms with Gasteiger partial charge in [0.25, 0.3) is 11.1 Å². The topological polar surface area (TPSA) is 93.1 Å². The van der Waals surface area contributed by atoms with Crippen LogP contribution >= 0.6 is 11.8 Å². The highest BCUT2D eigenvalue weighted by atomic mass is 32.2. The normalized spacial score (nSPS) is 16.7. The first-order valence-corrected chi connectivity index (χ1v) is 8.51. The third-order valence-corrected chi connectivity index (χ3v) is 4.69. The SMILES string of the molecule is C=CCc1cc(/C=C2/SC(=O)N([C@H](C)C(=O)OC)C2=O)cc(OC)c1O. The van der Waals surface area contributed by atoms with Crippen LogP contribution in [-0.2, 0) is 20.7 Å². The predicted molar refractivity (Wildman–Crippen MR) is 97.8 cm³/mol. The van der Waals surface area contributed by atoms with Crippen molar-refractivity contribution in [1.82, 2.24) is 4.90 Å². The second kappa shape index (κ2) is 8.09. The summed E-state index contributed by atoms with van der Waals surface area (Å²) >= 11 is 0.737. The zero-order chi connectivity index (χ0) is 19.4. The van der Waals surface area contributed by atoms with Crippen LogP contribution in [0.3, 0.4) is 0 Å². The molecular weight excluding hydrogens is 358 g/mol. The van der Waals surface area contributed by atoms with Crippen LogP contribution in [0.2, 0.25) is 0 Å². The van der Waals surface area contributed by atoms with Gasteiger partial charge in [0.1, 0.15) is 6.04 Å². The Labute approximate surface area is 155 Å². The van der Waals surface area contributed by atoms with E-state index in [0.717, 1.165) is 16.7 Å². The van der Waals surface area contributed by atoms with E-state index in [1.165, 1.54) is 27.2 Å². The lowest BCUT2D eigenvalue weighted by Gasteiger charge is -2.18. The van der Waals surface area contributed by atoms with E-state index in [1.54, 1.807) is 18.2 Å². The molecule has 1 atom stereocenters. The van der Waals surface area contributed by atoms with Gasteiger partial charge in [-0.3, -0.25) is 14.5 Å². The zero-order valence-corrected chi connectivity index (χ0v) is 15.5. The van der Waals surface area contributed by atoms with E-state index in [0.29, 0.717) is 17.5 Å². The van der Waals surface area contributed by atoms with E-state index >= 15 is 0 Å². The molecule has 1 fully saturated rings. The molecule has 1 aromatic carbocycles. The molecule has 2 rings (SSSR count). The highest BCUT2D eigenvalue weighted by Crippen LogP contribution is 2.37. The number of aromatic hydroxyl groups is 1. The molecule has 1 saturated heterocycles. The number of phenolic OH excluding ortho intramolecular Hbond substituents is 1. The lowest BCUT2D eigenvalue weighted by molar-refractivity contribution is -0.148. The summed E-state index contributed by atoms with van der Waals surface area (Å²) in [5, 5.41) is 9.58. The van der Waals surface area contributed by atoms with Crippen LogP contribution in [0.5, 0.6) is 11.5 Å². The van der Waals surface area contributed by atoms with E-state index in [1.807, 2.05) is 0 Å². The number of hydrogen-bond donors (Lipinski definition) is 1. The van der Waals surface area contributed by atoms with Crippen molar-refractivity contribution >= 4 is 35.0 Å². The van der Waals surface area contributed by atoms with Crippen molar-refractivity contribution in [2.24, 2.45) is 0 Å². The summed E-state index contributed by atoms with van der Waals surface area (Å²) in [6, 6.07) is 2.22. The first-order valence-electron chi connectivity index (χ1n) is 7.69. The number of allylic oxidation sites excluding steroid dienone is 1. The second-order valence-corrected chi connectivity index (χ2v) is 6.47. The van der Waals surface area contributed by atoms with Crippen LogP contribution < -0.4 is 4.74 Å². The minimum absolute atomic E-state index is 0.00281. The molecule has 1 heterocycles. The standard InChI is InChI=1S/C18H19NO6S/c1-5-6-12-7-11(8-13(24-3)15(12)20)9-14-16(21)19(18(23)26-14)10(2)17(22)25-4/h5,7-10,20H,1,6H2,2-4H3/b14-9+/t10-/m1/s1. The largest absolute Gasteiger partial charge is 0.504 e. The summed E-state index contributed by atoms with van der Waals surface area (Å²) in [4.78, 5) is 37.3. The number of hydrogen-bond acceptors (Lipinski definition) is 7. The zero-order valence-electron chi connectivity index (χ0n) is 14.6. The molecule has 1 aliphatic heterocycles. The van der Waals surface area contributed by atoms with Gasteiger partial charge in [-0.15, -0.1) is 6.58 Å². The quantitative estimate of drug-likeness (QED) is 0.463. The van der Waals surface area contributed by atoms with Gasteiger partial charge < -0.3 is 14.6 Å². The van der Waals surface area contributed by atoms with Crippen molar-refractivity contribution < 1.29 is 29.0 Å². The molecule has 7 nitrogen and oxygen atoms in total. The third-order valence-electron chi connectivity index (χ3n) is 3.81. The number of amides is 2. The maximum atomic E-state index is 12.5. The average Bonchev–Trinajstić information content (AvgIpc) is 2.89. The number of nitrogens with zero attached hydrogens (tertiary/aromatic N) is 1. The molecule has 1 aliphatic rings. The Hall–Kier alpha value is -2.74. The molecule has 0 aliphatic carbocycles. The minimum atomic E-state index is -1.01. The number of methoxy groups -OCH3 is 2. The first-order chi connectivity index (χ1) is 12.3. The molecule has 8 heteroatoms. The van der Waals surface area contributed by atoms with Gasteiger partial charge in [0.15, 0.2) is 11.5 Å². The van der Waals surface area contributed by atoms with Gasteiger partial charge in [-0.05, 0) is 48.9 Å². The highest BCUT2D eigenvalue weighted by Gasteiger charge is 2.41. The molecule has 0 spiro atoms. The highest BCUT2D eigenvalue weighted by molar-refractivity contribution is 8.18. The molecule has 2 amide bonds. The Kier molecular flexibility index (Phi) is 6.10. The van der Waals surface area contributed by atoms with Gasteiger partial charge >= 0.3 is 5.97 Å². The Morgan fingerprint density at radius 2 is 2.08 bits per heavy atom. The van der Waals surface area contributed by atoms with Crippen LogP contribution in [-0.4, -0.2) is 47.4 Å². The van der Waals surface area contributed by atoms with Crippen LogP contribution in [0.4, 0.5) is 4.79 Å². The summed E-state index contributed by atoms with van der Waals surface area (Å²) < 4.78 is 9.74. The lowest BCUT2D eigenvalue weighted by atomic mass is 10.1. The van der Waals surface area contributed by atoms with E-state index in [4.69, 9.17) is 4.74 Å². The number of phenols is 1. The Balaban J connectivity index is 2.40. The number of thioether (sulfide) groups is 1. The fourth-order valence-electron chi connectivity index (χ4n) is 2.48. The van der Waals surface area contributed by atoms with Gasteiger partial charge in [0.05, 0.1) is 19.1 Å². The minimum Gasteiger partial charge on any atom is -0.504 e. The fourth-order valence-corrected chi connectivity index (χ4v) is 3.39. The van der Waals surface area contributed by atoms with E-state index < -0.39 is 23.2 Å². The maximum Gasteiger partial charge on any atom is 0.328 e. The van der Waals surface area contributed by atoms with Crippen molar-refractivity contribution in [3.63, 3.8) is 0 Å². The Bertz CT molecular complexity index is 801. The van der Waals surface area contributed by atoms with E-state index in [-0.39, 0.29) is 16.4 Å². The number of ether oxygens (including phenoxy) is 2. The van der Waals surface area contributed by atoms with Crippen molar-refractivity contribution in [3.05, 3.63) is 40.8 Å². The van der Waals surface area contributed by atoms with E-state index in [2.05, 4.69) is 11.3 Å². The number of imide groups is 1. The van der Waals surface area contributed by atoms with Gasteiger partial charge in [0.2, 0.25) is 0 Å². The smallest absolute Gasteiger partial charge is 0.328 e. The summed E-state index contributed by atoms with van der Waals surface area (Å²) in [5.41, 5.74) is 1.15. The van der Waals surface area contributed by atoms with Gasteiger partial charge in [-0.25, -0.2) is 4.79 Å². The molecule has 0 unspecified atom stereocenters. The fraction of sp³-hybridized carbons (Fsp3) is 0.278. The Morgan fingerprint density at radius 3 is 2.65 bits per heavy atom. The average molecular weight is 377 g/mol. The van der Waals surface area contributed by atoms with Crippen molar-refractivity contribution in [1.29, 1.82) is 0 Å². The molecule has 0 aromatic heterocycles. The van der Waals surface area contributed by atoms with Crippen LogP contribution in [0.1, 0.15) is 18.1 Å². The van der Waals surface area contributed by atoms with E-state index in [9.17, 15) is 19.5 Å². The predicted octanol–water partition coefficient (Wildman–Crippen LogP) is 2.73. The van der Waals surface area contributed by atoms with Crippen LogP contribution in [0.25, 0.3) is 6.08 Å². The monoisotopic (exact) mass is 377 g/mol. The Morgan fingerprint density at radius 1 is 1.38 bits per heavy atom. The van der Waals surface area contributed by atoms with Crippen molar-refractivity contribution in [2.45, 2.75) is 19.4 Å². The number of esters is 1. The molecule has 0 saturated carbocycles. The van der Waals surface area contributed by atoms with Gasteiger partial charge in [0, 0.05) is 5.56 Å². The molecule has 1 aromatic rings. The second-order valence-electron chi connectivity index (χ2n) is 5.47. The summed E-state index contributed by atoms with van der Waals surface area (Å²) in [7, 11) is 2.61. The molecule has 0 bridgehead atoms. The molecule has 0 radical (unpaired) electrons. The number of carbonyl (C=O) groups is 3. The number of rotatable bonds is 6. The first kappa shape index (κ1) is 19.6. The lowest BCUT2D eigenvalue weighted by Crippen LogP contribution is -2.42. The van der Waals surface area contributed by atoms with Crippen molar-refractivity contribution in [2.75, 3.05) is 14.2 Å². The molecular formula is C18H19NO6S. The van der Waals surface area contributed by atoms with Gasteiger partial charge in [-0.1, -0.05) is 6.08 Å².